The molecule has 0 heterocycles. The summed E-state index contributed by atoms with van der Waals surface area (Å²) < 4.78 is 0. The highest BCUT2D eigenvalue weighted by atomic mass is 14.9. The molecule has 0 amide bonds. The van der Waals surface area contributed by atoms with Crippen LogP contribution in [0, 0.1) is 5.92 Å². The topological polar surface area (TPSA) is 12.0 Å². The Hall–Kier alpha value is -0.300. The van der Waals surface area contributed by atoms with Crippen LogP contribution in [0.3, 0.4) is 0 Å². The molecule has 0 bridgehead atoms. The number of nitrogens with one attached hydrogen (secondary N) is 1. The molecule has 2 unspecified atom stereocenters. The van der Waals surface area contributed by atoms with Crippen molar-refractivity contribution in [2.45, 2.75) is 77.2 Å². The van der Waals surface area contributed by atoms with Crippen molar-refractivity contribution in [3.05, 3.63) is 12.7 Å². The van der Waals surface area contributed by atoms with Crippen molar-refractivity contribution < 1.29 is 0 Å². The van der Waals surface area contributed by atoms with Crippen LogP contribution in [0.4, 0.5) is 0 Å². The molecule has 1 fully saturated rings. The van der Waals surface area contributed by atoms with Crippen molar-refractivity contribution in [2.24, 2.45) is 5.92 Å². The summed E-state index contributed by atoms with van der Waals surface area (Å²) in [5.41, 5.74) is 0. The van der Waals surface area contributed by atoms with E-state index in [0.717, 1.165) is 12.0 Å². The average Bonchev–Trinajstić information content (AvgIpc) is 2.37. The first-order valence-electron chi connectivity index (χ1n) is 7.71. The van der Waals surface area contributed by atoms with Gasteiger partial charge in [0, 0.05) is 6.04 Å². The molecular weight excluding hydrogens is 206 g/mol. The molecule has 1 aliphatic rings. The van der Waals surface area contributed by atoms with Crippen molar-refractivity contribution in [3.8, 4) is 0 Å². The van der Waals surface area contributed by atoms with Crippen LogP contribution in [0.1, 0.15) is 71.1 Å². The summed E-state index contributed by atoms with van der Waals surface area (Å²) in [5, 5.41) is 3.70. The van der Waals surface area contributed by atoms with Gasteiger partial charge in [-0.2, -0.15) is 0 Å². The van der Waals surface area contributed by atoms with Crippen LogP contribution in [0.5, 0.6) is 0 Å². The van der Waals surface area contributed by atoms with Gasteiger partial charge in [-0.05, 0) is 44.6 Å². The second-order valence-electron chi connectivity index (χ2n) is 5.61. The first-order chi connectivity index (χ1) is 8.36. The van der Waals surface area contributed by atoms with Crippen molar-refractivity contribution in [1.82, 2.24) is 5.32 Å². The highest BCUT2D eigenvalue weighted by Crippen LogP contribution is 2.28. The van der Waals surface area contributed by atoms with Gasteiger partial charge in [-0.25, -0.2) is 0 Å². The van der Waals surface area contributed by atoms with E-state index in [4.69, 9.17) is 0 Å². The monoisotopic (exact) mass is 237 g/mol. The molecule has 1 saturated carbocycles. The predicted molar refractivity (Wildman–Crippen MR) is 77.3 cm³/mol. The SMILES string of the molecule is C=CCCCCCC1CCCC(NCCC)C1. The zero-order valence-corrected chi connectivity index (χ0v) is 11.7. The maximum absolute atomic E-state index is 3.78. The van der Waals surface area contributed by atoms with Gasteiger partial charge >= 0.3 is 0 Å². The summed E-state index contributed by atoms with van der Waals surface area (Å²) in [5.74, 6) is 1.00. The minimum atomic E-state index is 0.821. The highest BCUT2D eigenvalue weighted by molar-refractivity contribution is 4.78. The summed E-state index contributed by atoms with van der Waals surface area (Å²) in [6.45, 7) is 7.24. The molecule has 0 radical (unpaired) electrons. The molecule has 0 saturated heterocycles. The molecule has 0 aromatic heterocycles. The number of hydrogen-bond donors (Lipinski definition) is 1. The predicted octanol–water partition coefficient (Wildman–Crippen LogP) is 4.68. The Morgan fingerprint density at radius 2 is 2.12 bits per heavy atom. The van der Waals surface area contributed by atoms with Crippen molar-refractivity contribution in [3.63, 3.8) is 0 Å². The third-order valence-electron chi connectivity index (χ3n) is 3.99. The summed E-state index contributed by atoms with van der Waals surface area (Å²) in [6.07, 6.45) is 15.9. The molecule has 1 aliphatic carbocycles. The lowest BCUT2D eigenvalue weighted by Crippen LogP contribution is -2.34. The van der Waals surface area contributed by atoms with Crippen LogP contribution in [0.15, 0.2) is 12.7 Å². The molecule has 0 aromatic rings. The van der Waals surface area contributed by atoms with Crippen molar-refractivity contribution in [1.29, 1.82) is 0 Å². The third-order valence-corrected chi connectivity index (χ3v) is 3.99. The van der Waals surface area contributed by atoms with Crippen molar-refractivity contribution >= 4 is 0 Å². The fourth-order valence-corrected chi connectivity index (χ4v) is 2.99. The maximum Gasteiger partial charge on any atom is 0.00697 e. The first-order valence-corrected chi connectivity index (χ1v) is 7.71. The van der Waals surface area contributed by atoms with E-state index in [1.165, 1.54) is 70.8 Å². The fourth-order valence-electron chi connectivity index (χ4n) is 2.99. The van der Waals surface area contributed by atoms with Crippen LogP contribution < -0.4 is 5.32 Å². The van der Waals surface area contributed by atoms with Crippen LogP contribution in [-0.4, -0.2) is 12.6 Å². The van der Waals surface area contributed by atoms with Gasteiger partial charge in [0.15, 0.2) is 0 Å². The number of rotatable bonds is 9. The van der Waals surface area contributed by atoms with E-state index in [1.54, 1.807) is 0 Å². The van der Waals surface area contributed by atoms with Gasteiger partial charge in [0.1, 0.15) is 0 Å². The second-order valence-corrected chi connectivity index (χ2v) is 5.61. The fraction of sp³-hybridized carbons (Fsp3) is 0.875. The van der Waals surface area contributed by atoms with E-state index >= 15 is 0 Å². The van der Waals surface area contributed by atoms with Gasteiger partial charge in [0.2, 0.25) is 0 Å². The minimum Gasteiger partial charge on any atom is -0.314 e. The van der Waals surface area contributed by atoms with Gasteiger partial charge in [0.25, 0.3) is 0 Å². The highest BCUT2D eigenvalue weighted by Gasteiger charge is 2.20. The molecule has 2 atom stereocenters. The molecule has 1 rings (SSSR count). The molecule has 0 aliphatic heterocycles. The molecular formula is C16H31N. The number of hydrogen-bond acceptors (Lipinski definition) is 1. The van der Waals surface area contributed by atoms with Crippen LogP contribution >= 0.6 is 0 Å². The Morgan fingerprint density at radius 3 is 2.88 bits per heavy atom. The lowest BCUT2D eigenvalue weighted by Gasteiger charge is -2.30. The summed E-state index contributed by atoms with van der Waals surface area (Å²) in [7, 11) is 0. The van der Waals surface area contributed by atoms with E-state index in [9.17, 15) is 0 Å². The Labute approximate surface area is 108 Å². The molecule has 0 aromatic carbocycles. The van der Waals surface area contributed by atoms with Crippen LogP contribution in [0.2, 0.25) is 0 Å². The average molecular weight is 237 g/mol. The Morgan fingerprint density at radius 1 is 1.24 bits per heavy atom. The van der Waals surface area contributed by atoms with Gasteiger partial charge < -0.3 is 5.32 Å². The van der Waals surface area contributed by atoms with Gasteiger partial charge in [-0.3, -0.25) is 0 Å². The Balaban J connectivity index is 2.05. The lowest BCUT2D eigenvalue weighted by atomic mass is 9.82. The largest absolute Gasteiger partial charge is 0.314 e. The molecule has 1 heteroatoms. The van der Waals surface area contributed by atoms with E-state index in [1.807, 2.05) is 6.08 Å². The lowest BCUT2D eigenvalue weighted by molar-refractivity contribution is 0.268. The molecule has 1 nitrogen and oxygen atoms in total. The van der Waals surface area contributed by atoms with Crippen molar-refractivity contribution in [2.75, 3.05) is 6.54 Å². The number of unbranched alkanes of at least 4 members (excludes halogenated alkanes) is 3. The number of allylic oxidation sites excluding steroid dienone is 1. The maximum atomic E-state index is 3.78. The smallest absolute Gasteiger partial charge is 0.00697 e. The molecule has 0 spiro atoms. The van der Waals surface area contributed by atoms with Gasteiger partial charge in [0.05, 0.1) is 0 Å². The quantitative estimate of drug-likeness (QED) is 0.453. The standard InChI is InChI=1S/C16H31N/c1-3-5-6-7-8-10-15-11-9-12-16(14-15)17-13-4-2/h3,15-17H,1,4-14H2,2H3. The summed E-state index contributed by atoms with van der Waals surface area (Å²) >= 11 is 0. The first kappa shape index (κ1) is 14.8. The Kier molecular flexibility index (Phi) is 8.42. The molecule has 1 N–H and O–H groups in total. The summed E-state index contributed by atoms with van der Waals surface area (Å²) in [4.78, 5) is 0. The van der Waals surface area contributed by atoms with Gasteiger partial charge in [-0.1, -0.05) is 45.1 Å². The van der Waals surface area contributed by atoms with E-state index in [0.29, 0.717) is 0 Å². The zero-order valence-electron chi connectivity index (χ0n) is 11.7. The van der Waals surface area contributed by atoms with Crippen LogP contribution in [0.25, 0.3) is 0 Å². The second kappa shape index (κ2) is 9.70. The van der Waals surface area contributed by atoms with E-state index < -0.39 is 0 Å². The third kappa shape index (κ3) is 6.88. The minimum absolute atomic E-state index is 0.821. The van der Waals surface area contributed by atoms with Crippen LogP contribution in [-0.2, 0) is 0 Å². The van der Waals surface area contributed by atoms with E-state index in [2.05, 4.69) is 18.8 Å². The molecule has 100 valence electrons. The molecule has 17 heavy (non-hydrogen) atoms. The van der Waals surface area contributed by atoms with E-state index in [-0.39, 0.29) is 0 Å². The summed E-state index contributed by atoms with van der Waals surface area (Å²) in [6, 6.07) is 0.821. The Bertz CT molecular complexity index is 188. The zero-order chi connectivity index (χ0) is 12.3. The van der Waals surface area contributed by atoms with Gasteiger partial charge in [-0.15, -0.1) is 6.58 Å². The normalized spacial score (nSPS) is 24.8.